The molecule has 1 heterocycles. The lowest BCUT2D eigenvalue weighted by Gasteiger charge is -2.16. The molecule has 3 aromatic rings. The maximum Gasteiger partial charge on any atom is 0.271 e. The molecule has 5 heteroatoms. The van der Waals surface area contributed by atoms with Crippen molar-refractivity contribution in [1.29, 1.82) is 5.26 Å². The number of fused-ring (bicyclic) bond motifs is 1. The number of nitriles is 1. The molecule has 1 aromatic heterocycles. The zero-order chi connectivity index (χ0) is 21.7. The average Bonchev–Trinajstić information content (AvgIpc) is 2.74. The lowest BCUT2D eigenvalue weighted by Crippen LogP contribution is -2.27. The van der Waals surface area contributed by atoms with E-state index in [1.54, 1.807) is 6.92 Å². The quantitative estimate of drug-likeness (QED) is 0.429. The second-order valence-electron chi connectivity index (χ2n) is 7.57. The minimum atomic E-state index is -0.536. The zero-order valence-electron chi connectivity index (χ0n) is 17.4. The highest BCUT2D eigenvalue weighted by atomic mass is 16.3. The number of aromatic nitrogens is 1. The number of hydrogen-bond acceptors (Lipinski definition) is 4. The van der Waals surface area contributed by atoms with E-state index in [-0.39, 0.29) is 41.3 Å². The first-order valence-corrected chi connectivity index (χ1v) is 10.4. The molecule has 0 atom stereocenters. The molecule has 0 radical (unpaired) electrons. The lowest BCUT2D eigenvalue weighted by atomic mass is 9.94. The van der Waals surface area contributed by atoms with E-state index in [9.17, 15) is 20.0 Å². The second-order valence-corrected chi connectivity index (χ2v) is 7.57. The van der Waals surface area contributed by atoms with Gasteiger partial charge >= 0.3 is 0 Å². The molecule has 0 spiro atoms. The van der Waals surface area contributed by atoms with Gasteiger partial charge in [-0.25, -0.2) is 0 Å². The SMILES string of the molecule is CCCCCCn1c(O)c(C(=O)Cc2cccc3ccccc23)c(C)c(C#N)c1=O. The first-order chi connectivity index (χ1) is 14.5. The number of nitrogens with zero attached hydrogens (tertiary/aromatic N) is 2. The van der Waals surface area contributed by atoms with Crippen LogP contribution in [0.4, 0.5) is 0 Å². The van der Waals surface area contributed by atoms with Gasteiger partial charge in [0.25, 0.3) is 5.56 Å². The van der Waals surface area contributed by atoms with Crippen LogP contribution < -0.4 is 5.56 Å². The number of aromatic hydroxyl groups is 1. The van der Waals surface area contributed by atoms with E-state index in [2.05, 4.69) is 6.92 Å². The molecule has 0 bridgehead atoms. The van der Waals surface area contributed by atoms with E-state index in [0.717, 1.165) is 35.6 Å². The summed E-state index contributed by atoms with van der Waals surface area (Å²) in [7, 11) is 0. The van der Waals surface area contributed by atoms with Gasteiger partial charge in [-0.15, -0.1) is 0 Å². The summed E-state index contributed by atoms with van der Waals surface area (Å²) in [6.45, 7) is 3.93. The van der Waals surface area contributed by atoms with Gasteiger partial charge in [0.15, 0.2) is 5.78 Å². The van der Waals surface area contributed by atoms with Crippen LogP contribution in [0, 0.1) is 18.3 Å². The summed E-state index contributed by atoms with van der Waals surface area (Å²) in [6, 6.07) is 15.5. The van der Waals surface area contributed by atoms with Crippen molar-refractivity contribution in [3.8, 4) is 11.9 Å². The molecule has 154 valence electrons. The first-order valence-electron chi connectivity index (χ1n) is 10.4. The summed E-state index contributed by atoms with van der Waals surface area (Å²) >= 11 is 0. The molecule has 5 nitrogen and oxygen atoms in total. The van der Waals surface area contributed by atoms with Crippen LogP contribution in [-0.4, -0.2) is 15.5 Å². The lowest BCUT2D eigenvalue weighted by molar-refractivity contribution is 0.0988. The topological polar surface area (TPSA) is 83.1 Å². The largest absolute Gasteiger partial charge is 0.494 e. The van der Waals surface area contributed by atoms with Crippen LogP contribution in [0.2, 0.25) is 0 Å². The van der Waals surface area contributed by atoms with Crippen LogP contribution in [0.1, 0.15) is 59.7 Å². The number of pyridine rings is 1. The zero-order valence-corrected chi connectivity index (χ0v) is 17.4. The molecule has 0 amide bonds. The number of carbonyl (C=O) groups excluding carboxylic acids is 1. The Labute approximate surface area is 176 Å². The van der Waals surface area contributed by atoms with E-state index in [0.29, 0.717) is 6.42 Å². The number of carbonyl (C=O) groups is 1. The van der Waals surface area contributed by atoms with Gasteiger partial charge in [0, 0.05) is 13.0 Å². The first kappa shape index (κ1) is 21.3. The molecular formula is C25H26N2O3. The van der Waals surface area contributed by atoms with Gasteiger partial charge in [-0.1, -0.05) is 68.7 Å². The van der Waals surface area contributed by atoms with Crippen molar-refractivity contribution in [2.45, 2.75) is 52.5 Å². The number of rotatable bonds is 8. The number of Topliss-reactive ketones (excluding diaryl/α,β-unsaturated/α-hetero) is 1. The van der Waals surface area contributed by atoms with Crippen molar-refractivity contribution in [2.24, 2.45) is 0 Å². The Morgan fingerprint density at radius 1 is 1.10 bits per heavy atom. The summed E-state index contributed by atoms with van der Waals surface area (Å²) in [5.74, 6) is -0.640. The predicted octanol–water partition coefficient (Wildman–Crippen LogP) is 4.89. The maximum absolute atomic E-state index is 13.2. The van der Waals surface area contributed by atoms with Crippen molar-refractivity contribution in [1.82, 2.24) is 4.57 Å². The highest BCUT2D eigenvalue weighted by Gasteiger charge is 2.24. The number of hydrogen-bond donors (Lipinski definition) is 1. The molecular weight excluding hydrogens is 376 g/mol. The summed E-state index contributed by atoms with van der Waals surface area (Å²) < 4.78 is 1.18. The molecule has 1 N–H and O–H groups in total. The van der Waals surface area contributed by atoms with E-state index in [1.165, 1.54) is 4.57 Å². The van der Waals surface area contributed by atoms with Crippen LogP contribution >= 0.6 is 0 Å². The fraction of sp³-hybridized carbons (Fsp3) is 0.320. The van der Waals surface area contributed by atoms with Crippen molar-refractivity contribution in [3.63, 3.8) is 0 Å². The minimum Gasteiger partial charge on any atom is -0.494 e. The van der Waals surface area contributed by atoms with Gasteiger partial charge in [-0.2, -0.15) is 5.26 Å². The number of benzene rings is 2. The summed E-state index contributed by atoms with van der Waals surface area (Å²) in [6.07, 6.45) is 3.77. The summed E-state index contributed by atoms with van der Waals surface area (Å²) in [5, 5.41) is 22.3. The second kappa shape index (κ2) is 9.41. The Kier molecular flexibility index (Phi) is 6.68. The fourth-order valence-corrected chi connectivity index (χ4v) is 3.90. The van der Waals surface area contributed by atoms with Crippen LogP contribution in [0.3, 0.4) is 0 Å². The number of unbranched alkanes of at least 4 members (excludes halogenated alkanes) is 3. The molecule has 0 aliphatic rings. The molecule has 0 aliphatic heterocycles. The summed E-state index contributed by atoms with van der Waals surface area (Å²) in [4.78, 5) is 25.9. The van der Waals surface area contributed by atoms with E-state index < -0.39 is 5.56 Å². The van der Waals surface area contributed by atoms with Crippen molar-refractivity contribution in [3.05, 3.63) is 75.1 Å². The number of ketones is 1. The molecule has 30 heavy (non-hydrogen) atoms. The normalized spacial score (nSPS) is 10.8. The Morgan fingerprint density at radius 2 is 1.83 bits per heavy atom. The van der Waals surface area contributed by atoms with Crippen molar-refractivity contribution >= 4 is 16.6 Å². The third-order valence-corrected chi connectivity index (χ3v) is 5.55. The highest BCUT2D eigenvalue weighted by molar-refractivity contribution is 6.03. The van der Waals surface area contributed by atoms with Gasteiger partial charge in [-0.05, 0) is 35.2 Å². The third kappa shape index (κ3) is 4.13. The highest BCUT2D eigenvalue weighted by Crippen LogP contribution is 2.26. The predicted molar refractivity (Wildman–Crippen MR) is 118 cm³/mol. The Bertz CT molecular complexity index is 1180. The van der Waals surface area contributed by atoms with Crippen LogP contribution in [0.25, 0.3) is 10.8 Å². The van der Waals surface area contributed by atoms with Gasteiger partial charge in [0.1, 0.15) is 11.6 Å². The van der Waals surface area contributed by atoms with Gasteiger partial charge in [0.2, 0.25) is 5.88 Å². The standard InChI is InChI=1S/C25H26N2O3/c1-3-4-5-8-14-27-24(29)21(16-26)17(2)23(25(27)30)22(28)15-19-12-9-11-18-10-6-7-13-20(18)19/h6-7,9-13,30H,3-5,8,14-15H2,1-2H3. The molecule has 0 fully saturated rings. The van der Waals surface area contributed by atoms with E-state index >= 15 is 0 Å². The molecule has 0 saturated heterocycles. The van der Waals surface area contributed by atoms with Crippen LogP contribution in [0.5, 0.6) is 5.88 Å². The van der Waals surface area contributed by atoms with Crippen LogP contribution in [-0.2, 0) is 13.0 Å². The Morgan fingerprint density at radius 3 is 2.57 bits per heavy atom. The van der Waals surface area contributed by atoms with Crippen molar-refractivity contribution < 1.29 is 9.90 Å². The Balaban J connectivity index is 2.02. The minimum absolute atomic E-state index is 0.0644. The maximum atomic E-state index is 13.2. The van der Waals surface area contributed by atoms with Gasteiger partial charge < -0.3 is 5.11 Å². The Hall–Kier alpha value is -3.39. The summed E-state index contributed by atoms with van der Waals surface area (Å²) in [5.41, 5.74) is 0.538. The van der Waals surface area contributed by atoms with Crippen LogP contribution in [0.15, 0.2) is 47.3 Å². The smallest absolute Gasteiger partial charge is 0.271 e. The fourth-order valence-electron chi connectivity index (χ4n) is 3.90. The van der Waals surface area contributed by atoms with E-state index in [1.807, 2.05) is 48.5 Å². The van der Waals surface area contributed by atoms with Gasteiger partial charge in [-0.3, -0.25) is 14.2 Å². The molecule has 0 saturated carbocycles. The van der Waals surface area contributed by atoms with Gasteiger partial charge in [0.05, 0.1) is 5.56 Å². The average molecular weight is 402 g/mol. The molecule has 2 aromatic carbocycles. The monoisotopic (exact) mass is 402 g/mol. The third-order valence-electron chi connectivity index (χ3n) is 5.55. The van der Waals surface area contributed by atoms with Crippen molar-refractivity contribution in [2.75, 3.05) is 0 Å². The molecule has 0 unspecified atom stereocenters. The molecule has 3 rings (SSSR count). The molecule has 0 aliphatic carbocycles. The van der Waals surface area contributed by atoms with E-state index in [4.69, 9.17) is 0 Å².